The number of aryl methyl sites for hydroxylation is 1. The van der Waals surface area contributed by atoms with Crippen LogP contribution in [0.1, 0.15) is 24.5 Å². The molecule has 7 heteroatoms. The van der Waals surface area contributed by atoms with Gasteiger partial charge in [-0.1, -0.05) is 73.7 Å². The molecule has 0 heterocycles. The first-order valence-electron chi connectivity index (χ1n) is 11.1. The first-order valence-corrected chi connectivity index (χ1v) is 13.7. The molecule has 0 saturated carbocycles. The molecule has 0 fully saturated rings. The van der Waals surface area contributed by atoms with Crippen LogP contribution in [0, 0.1) is 0 Å². The Morgan fingerprint density at radius 2 is 1.55 bits per heavy atom. The van der Waals surface area contributed by atoms with Crippen molar-refractivity contribution in [1.82, 2.24) is 5.32 Å². The van der Waals surface area contributed by atoms with Gasteiger partial charge in [-0.2, -0.15) is 11.8 Å². The van der Waals surface area contributed by atoms with Gasteiger partial charge in [0.2, 0.25) is 5.91 Å². The molecule has 3 aromatic rings. The van der Waals surface area contributed by atoms with Crippen LogP contribution in [0.3, 0.4) is 0 Å². The summed E-state index contributed by atoms with van der Waals surface area (Å²) in [6.45, 7) is 2.22. The lowest BCUT2D eigenvalue weighted by Crippen LogP contribution is -2.41. The first-order chi connectivity index (χ1) is 16.0. The van der Waals surface area contributed by atoms with Crippen molar-refractivity contribution in [2.45, 2.75) is 30.4 Å². The fourth-order valence-corrected chi connectivity index (χ4v) is 5.83. The van der Waals surface area contributed by atoms with E-state index < -0.39 is 10.0 Å². The zero-order valence-corrected chi connectivity index (χ0v) is 20.4. The number of amides is 1. The van der Waals surface area contributed by atoms with Crippen LogP contribution in [0.15, 0.2) is 89.8 Å². The van der Waals surface area contributed by atoms with Gasteiger partial charge in [0.25, 0.3) is 10.0 Å². The Kier molecular flexibility index (Phi) is 9.39. The Morgan fingerprint density at radius 1 is 0.909 bits per heavy atom. The van der Waals surface area contributed by atoms with Gasteiger partial charge in [0.05, 0.1) is 10.6 Å². The molecule has 1 N–H and O–H groups in total. The Labute approximate surface area is 201 Å². The van der Waals surface area contributed by atoms with E-state index in [9.17, 15) is 13.2 Å². The van der Waals surface area contributed by atoms with Gasteiger partial charge in [0.1, 0.15) is 6.54 Å². The van der Waals surface area contributed by atoms with Gasteiger partial charge in [-0.05, 0) is 47.9 Å². The van der Waals surface area contributed by atoms with Crippen LogP contribution < -0.4 is 9.62 Å². The molecule has 0 saturated heterocycles. The van der Waals surface area contributed by atoms with Gasteiger partial charge in [0.15, 0.2) is 0 Å². The van der Waals surface area contributed by atoms with Crippen LogP contribution in [0.2, 0.25) is 0 Å². The van der Waals surface area contributed by atoms with Crippen LogP contribution in [-0.2, 0) is 27.0 Å². The number of nitrogens with one attached hydrogen (secondary N) is 1. The van der Waals surface area contributed by atoms with Crippen molar-refractivity contribution in [3.05, 3.63) is 96.1 Å². The lowest BCUT2D eigenvalue weighted by Gasteiger charge is -2.26. The predicted octanol–water partition coefficient (Wildman–Crippen LogP) is 4.88. The number of anilines is 1. The third-order valence-electron chi connectivity index (χ3n) is 5.16. The van der Waals surface area contributed by atoms with Crippen molar-refractivity contribution in [1.29, 1.82) is 0 Å². The summed E-state index contributed by atoms with van der Waals surface area (Å²) in [5.41, 5.74) is 2.70. The van der Waals surface area contributed by atoms with Crippen LogP contribution in [0.5, 0.6) is 0 Å². The summed E-state index contributed by atoms with van der Waals surface area (Å²) in [4.78, 5) is 12.9. The van der Waals surface area contributed by atoms with E-state index >= 15 is 0 Å². The van der Waals surface area contributed by atoms with Gasteiger partial charge in [-0.3, -0.25) is 9.10 Å². The average molecular weight is 483 g/mol. The second-order valence-corrected chi connectivity index (χ2v) is 10.5. The smallest absolute Gasteiger partial charge is 0.264 e. The standard InChI is InChI=1S/C26H30N2O3S2/c1-2-23-14-9-10-17-25(23)28(33(30,31)24-15-7-4-8-16-24)20-26(29)27-18-11-19-32-21-22-12-5-3-6-13-22/h3-10,12-17H,2,11,18-21H2,1H3,(H,27,29). The largest absolute Gasteiger partial charge is 0.354 e. The Hall–Kier alpha value is -2.77. The molecule has 33 heavy (non-hydrogen) atoms. The zero-order chi connectivity index (χ0) is 23.5. The second-order valence-electron chi connectivity index (χ2n) is 7.55. The van der Waals surface area contributed by atoms with Crippen molar-refractivity contribution < 1.29 is 13.2 Å². The Morgan fingerprint density at radius 3 is 2.24 bits per heavy atom. The SMILES string of the molecule is CCc1ccccc1N(CC(=O)NCCCSCc1ccccc1)S(=O)(=O)c1ccccc1. The topological polar surface area (TPSA) is 66.5 Å². The van der Waals surface area contributed by atoms with E-state index in [0.717, 1.165) is 23.5 Å². The molecular weight excluding hydrogens is 452 g/mol. The number of nitrogens with zero attached hydrogens (tertiary/aromatic N) is 1. The molecule has 1 amide bonds. The van der Waals surface area contributed by atoms with Crippen molar-refractivity contribution in [3.63, 3.8) is 0 Å². The molecule has 5 nitrogen and oxygen atoms in total. The number of para-hydroxylation sites is 1. The highest BCUT2D eigenvalue weighted by atomic mass is 32.2. The molecule has 0 radical (unpaired) electrons. The van der Waals surface area contributed by atoms with E-state index in [0.29, 0.717) is 18.7 Å². The van der Waals surface area contributed by atoms with Crippen molar-refractivity contribution in [3.8, 4) is 0 Å². The third kappa shape index (κ3) is 7.11. The van der Waals surface area contributed by atoms with E-state index in [-0.39, 0.29) is 17.3 Å². The predicted molar refractivity (Wildman–Crippen MR) is 137 cm³/mol. The van der Waals surface area contributed by atoms with E-state index in [1.54, 1.807) is 42.5 Å². The number of thioether (sulfide) groups is 1. The summed E-state index contributed by atoms with van der Waals surface area (Å²) in [7, 11) is -3.88. The second kappa shape index (κ2) is 12.5. The maximum absolute atomic E-state index is 13.4. The number of benzene rings is 3. The third-order valence-corrected chi connectivity index (χ3v) is 8.05. The van der Waals surface area contributed by atoms with Crippen LogP contribution in [0.25, 0.3) is 0 Å². The molecule has 0 spiro atoms. The Balaban J connectivity index is 1.62. The minimum Gasteiger partial charge on any atom is -0.354 e. The van der Waals surface area contributed by atoms with Crippen molar-refractivity contribution in [2.75, 3.05) is 23.1 Å². The van der Waals surface area contributed by atoms with Gasteiger partial charge >= 0.3 is 0 Å². The molecule has 0 aliphatic heterocycles. The number of carbonyl (C=O) groups is 1. The molecular formula is C26H30N2O3S2. The molecule has 0 aliphatic carbocycles. The normalized spacial score (nSPS) is 11.2. The molecule has 0 aromatic heterocycles. The maximum atomic E-state index is 13.4. The van der Waals surface area contributed by atoms with Gasteiger partial charge in [-0.15, -0.1) is 0 Å². The highest BCUT2D eigenvalue weighted by molar-refractivity contribution is 7.98. The number of hydrogen-bond acceptors (Lipinski definition) is 4. The summed E-state index contributed by atoms with van der Waals surface area (Å²) < 4.78 is 28.1. The van der Waals surface area contributed by atoms with E-state index in [1.165, 1.54) is 9.87 Å². The summed E-state index contributed by atoms with van der Waals surface area (Å²) in [5, 5.41) is 2.88. The van der Waals surface area contributed by atoms with Gasteiger partial charge < -0.3 is 5.32 Å². The fraction of sp³-hybridized carbons (Fsp3) is 0.269. The fourth-order valence-electron chi connectivity index (χ4n) is 3.43. The first kappa shape index (κ1) is 24.9. The van der Waals surface area contributed by atoms with Crippen molar-refractivity contribution in [2.24, 2.45) is 0 Å². The quantitative estimate of drug-likeness (QED) is 0.374. The summed E-state index contributed by atoms with van der Waals surface area (Å²) in [6, 6.07) is 25.8. The Bertz CT molecular complexity index is 1120. The summed E-state index contributed by atoms with van der Waals surface area (Å²) in [5.74, 6) is 1.54. The van der Waals surface area contributed by atoms with Crippen LogP contribution in [0.4, 0.5) is 5.69 Å². The molecule has 0 unspecified atom stereocenters. The van der Waals surface area contributed by atoms with E-state index in [1.807, 2.05) is 49.0 Å². The number of carbonyl (C=O) groups excluding carboxylic acids is 1. The highest BCUT2D eigenvalue weighted by Gasteiger charge is 2.28. The molecule has 0 aliphatic rings. The number of rotatable bonds is 12. The molecule has 0 bridgehead atoms. The zero-order valence-electron chi connectivity index (χ0n) is 18.8. The van der Waals surface area contributed by atoms with Crippen molar-refractivity contribution >= 4 is 33.4 Å². The number of hydrogen-bond donors (Lipinski definition) is 1. The summed E-state index contributed by atoms with van der Waals surface area (Å²) >= 11 is 1.82. The van der Waals surface area contributed by atoms with Crippen LogP contribution in [-0.4, -0.2) is 33.2 Å². The molecule has 0 atom stereocenters. The van der Waals surface area contributed by atoms with E-state index in [2.05, 4.69) is 17.4 Å². The van der Waals surface area contributed by atoms with Crippen LogP contribution >= 0.6 is 11.8 Å². The molecule has 3 aromatic carbocycles. The maximum Gasteiger partial charge on any atom is 0.264 e. The highest BCUT2D eigenvalue weighted by Crippen LogP contribution is 2.27. The van der Waals surface area contributed by atoms with Gasteiger partial charge in [0, 0.05) is 12.3 Å². The monoisotopic (exact) mass is 482 g/mol. The average Bonchev–Trinajstić information content (AvgIpc) is 2.85. The minimum atomic E-state index is -3.88. The molecule has 174 valence electrons. The minimum absolute atomic E-state index is 0.168. The lowest BCUT2D eigenvalue weighted by atomic mass is 10.1. The number of sulfonamides is 1. The van der Waals surface area contributed by atoms with Gasteiger partial charge in [-0.25, -0.2) is 8.42 Å². The summed E-state index contributed by atoms with van der Waals surface area (Å²) in [6.07, 6.45) is 1.48. The lowest BCUT2D eigenvalue weighted by molar-refractivity contribution is -0.119. The van der Waals surface area contributed by atoms with E-state index in [4.69, 9.17) is 0 Å². The molecule has 3 rings (SSSR count).